The molecule has 0 fully saturated rings. The van der Waals surface area contributed by atoms with Crippen LogP contribution in [0.25, 0.3) is 0 Å². The zero-order chi connectivity index (χ0) is 6.69. The predicted octanol–water partition coefficient (Wildman–Crippen LogP) is 0.779. The van der Waals surface area contributed by atoms with Gasteiger partial charge in [0, 0.05) is 6.20 Å². The molecule has 48 valence electrons. The van der Waals surface area contributed by atoms with Gasteiger partial charge in [-0.15, -0.1) is 5.23 Å². The maximum atomic E-state index is 8.35. The molecule has 4 nitrogen and oxygen atoms in total. The van der Waals surface area contributed by atoms with Crippen LogP contribution >= 0.6 is 0 Å². The molecule has 0 aliphatic carbocycles. The average molecular weight is 127 g/mol. The van der Waals surface area contributed by atoms with Crippen molar-refractivity contribution in [3.05, 3.63) is 24.4 Å². The summed E-state index contributed by atoms with van der Waals surface area (Å²) in [6.07, 6.45) is 1.47. The smallest absolute Gasteiger partial charge is 0.263 e. The van der Waals surface area contributed by atoms with Crippen LogP contribution in [0.2, 0.25) is 0 Å². The maximum Gasteiger partial charge on any atom is 1.00 e. The van der Waals surface area contributed by atoms with Crippen LogP contribution in [0.4, 0.5) is 5.82 Å². The van der Waals surface area contributed by atoms with Crippen molar-refractivity contribution in [1.82, 2.24) is 4.98 Å². The van der Waals surface area contributed by atoms with Crippen molar-refractivity contribution in [3.63, 3.8) is 0 Å². The molecule has 0 unspecified atom stereocenters. The Kier molecular flexibility index (Phi) is 1.62. The predicted molar refractivity (Wildman–Crippen MR) is 31.4 cm³/mol. The van der Waals surface area contributed by atoms with Crippen LogP contribution in [0, 0.1) is 0 Å². The van der Waals surface area contributed by atoms with E-state index in [2.05, 4.69) is 4.98 Å². The summed E-state index contributed by atoms with van der Waals surface area (Å²) in [5.74, 6) is 0.109. The lowest BCUT2D eigenvalue weighted by Crippen LogP contribution is -2.11. The van der Waals surface area contributed by atoms with E-state index >= 15 is 0 Å². The largest absolute Gasteiger partial charge is 1.00 e. The fourth-order valence-electron chi connectivity index (χ4n) is 0.472. The van der Waals surface area contributed by atoms with E-state index in [1.807, 2.05) is 0 Å². The van der Waals surface area contributed by atoms with E-state index < -0.39 is 0 Å². The minimum absolute atomic E-state index is 0. The molecule has 0 aliphatic heterocycles. The summed E-state index contributed by atoms with van der Waals surface area (Å²) in [5, 5.41) is 16.7. The standard InChI is InChI=1S/C5H6N2O2/c8-7(9)5-3-1-2-4-6-5/h1-4,8-9H/p+1. The van der Waals surface area contributed by atoms with Crippen LogP contribution in [0.3, 0.4) is 0 Å². The molecule has 0 aromatic carbocycles. The van der Waals surface area contributed by atoms with Crippen LogP contribution < -0.4 is 5.23 Å². The molecular formula is C5H7N2O2+. The Morgan fingerprint density at radius 2 is 2.22 bits per heavy atom. The minimum Gasteiger partial charge on any atom is -0.263 e. The van der Waals surface area contributed by atoms with E-state index in [9.17, 15) is 0 Å². The van der Waals surface area contributed by atoms with Gasteiger partial charge in [-0.05, 0) is 12.1 Å². The van der Waals surface area contributed by atoms with E-state index in [-0.39, 0.29) is 12.5 Å². The van der Waals surface area contributed by atoms with Crippen LogP contribution in [0.5, 0.6) is 0 Å². The van der Waals surface area contributed by atoms with Crippen LogP contribution in [0.1, 0.15) is 1.43 Å². The van der Waals surface area contributed by atoms with Gasteiger partial charge in [0.25, 0.3) is 0 Å². The summed E-state index contributed by atoms with van der Waals surface area (Å²) >= 11 is 0. The third-order valence-corrected chi connectivity index (χ3v) is 0.854. The Bertz CT molecular complexity index is 180. The van der Waals surface area contributed by atoms with Gasteiger partial charge < -0.3 is 0 Å². The molecule has 1 heterocycles. The summed E-state index contributed by atoms with van der Waals surface area (Å²) in [6.45, 7) is 0. The summed E-state index contributed by atoms with van der Waals surface area (Å²) in [7, 11) is 0. The second-order valence-corrected chi connectivity index (χ2v) is 1.48. The third kappa shape index (κ3) is 1.38. The molecule has 0 saturated carbocycles. The molecule has 0 spiro atoms. The van der Waals surface area contributed by atoms with Gasteiger partial charge in [0.15, 0.2) is 5.82 Å². The number of hydrogen-bond acceptors (Lipinski definition) is 4. The van der Waals surface area contributed by atoms with Crippen molar-refractivity contribution in [2.75, 3.05) is 5.23 Å². The SMILES string of the molecule is ON(O)c1ccccn1.[H+]. The van der Waals surface area contributed by atoms with Gasteiger partial charge in [-0.3, -0.25) is 10.4 Å². The zero-order valence-electron chi connectivity index (χ0n) is 5.60. The van der Waals surface area contributed by atoms with Gasteiger partial charge in [0.2, 0.25) is 0 Å². The Morgan fingerprint density at radius 1 is 1.44 bits per heavy atom. The lowest BCUT2D eigenvalue weighted by molar-refractivity contribution is 0.0268. The molecule has 0 amide bonds. The maximum absolute atomic E-state index is 8.35. The highest BCUT2D eigenvalue weighted by Gasteiger charge is 1.94. The fraction of sp³-hybridized carbons (Fsp3) is 0. The van der Waals surface area contributed by atoms with Crippen molar-refractivity contribution in [3.8, 4) is 0 Å². The van der Waals surface area contributed by atoms with E-state index in [4.69, 9.17) is 10.4 Å². The number of pyridine rings is 1. The molecule has 1 aromatic rings. The summed E-state index contributed by atoms with van der Waals surface area (Å²) in [5.41, 5.74) is 0. The van der Waals surface area contributed by atoms with Crippen LogP contribution in [0.15, 0.2) is 24.4 Å². The van der Waals surface area contributed by atoms with Crippen molar-refractivity contribution in [2.24, 2.45) is 0 Å². The number of anilines is 1. The van der Waals surface area contributed by atoms with Crippen molar-refractivity contribution >= 4 is 5.82 Å². The average Bonchev–Trinajstić information content (AvgIpc) is 1.90. The normalized spacial score (nSPS) is 9.11. The molecule has 0 bridgehead atoms. The Hall–Kier alpha value is -1.13. The number of rotatable bonds is 1. The first kappa shape index (κ1) is 6.00. The van der Waals surface area contributed by atoms with Crippen LogP contribution in [-0.4, -0.2) is 15.4 Å². The highest BCUT2D eigenvalue weighted by atomic mass is 16.8. The molecular weight excluding hydrogens is 120 g/mol. The van der Waals surface area contributed by atoms with Gasteiger partial charge in [0.05, 0.1) is 0 Å². The lowest BCUT2D eigenvalue weighted by Gasteiger charge is -2.03. The monoisotopic (exact) mass is 127 g/mol. The summed E-state index contributed by atoms with van der Waals surface area (Å²) in [4.78, 5) is 3.60. The first-order valence-corrected chi connectivity index (χ1v) is 2.39. The highest BCUT2D eigenvalue weighted by molar-refractivity contribution is 5.29. The van der Waals surface area contributed by atoms with Crippen molar-refractivity contribution < 1.29 is 11.8 Å². The van der Waals surface area contributed by atoms with Gasteiger partial charge in [-0.25, -0.2) is 4.98 Å². The van der Waals surface area contributed by atoms with E-state index in [0.29, 0.717) is 0 Å². The third-order valence-electron chi connectivity index (χ3n) is 0.854. The van der Waals surface area contributed by atoms with Gasteiger partial charge in [-0.2, -0.15) is 0 Å². The molecule has 9 heavy (non-hydrogen) atoms. The summed E-state index contributed by atoms with van der Waals surface area (Å²) in [6, 6.07) is 4.81. The Labute approximate surface area is 53.4 Å². The van der Waals surface area contributed by atoms with E-state index in [0.717, 1.165) is 0 Å². The van der Waals surface area contributed by atoms with Gasteiger partial charge in [0.1, 0.15) is 0 Å². The first-order valence-electron chi connectivity index (χ1n) is 2.39. The number of nitrogens with zero attached hydrogens (tertiary/aromatic N) is 2. The topological polar surface area (TPSA) is 56.6 Å². The Balaban J connectivity index is 0.000000810. The second kappa shape index (κ2) is 2.43. The van der Waals surface area contributed by atoms with Crippen molar-refractivity contribution in [2.45, 2.75) is 0 Å². The van der Waals surface area contributed by atoms with Gasteiger partial charge >= 0.3 is 1.43 Å². The molecule has 4 heteroatoms. The first-order chi connectivity index (χ1) is 4.30. The van der Waals surface area contributed by atoms with Gasteiger partial charge in [-0.1, -0.05) is 6.07 Å². The second-order valence-electron chi connectivity index (χ2n) is 1.48. The minimum atomic E-state index is -0.0278. The van der Waals surface area contributed by atoms with E-state index in [1.54, 1.807) is 12.1 Å². The number of aromatic nitrogens is 1. The zero-order valence-corrected chi connectivity index (χ0v) is 4.60. The Morgan fingerprint density at radius 3 is 2.56 bits per heavy atom. The quantitative estimate of drug-likeness (QED) is 0.547. The fourth-order valence-corrected chi connectivity index (χ4v) is 0.472. The molecule has 0 atom stereocenters. The molecule has 0 radical (unpaired) electrons. The molecule has 0 saturated heterocycles. The van der Waals surface area contributed by atoms with Crippen LogP contribution in [-0.2, 0) is 0 Å². The highest BCUT2D eigenvalue weighted by Crippen LogP contribution is 2.01. The molecule has 1 rings (SSSR count). The summed E-state index contributed by atoms with van der Waals surface area (Å²) < 4.78 is 0. The molecule has 2 N–H and O–H groups in total. The number of hydrogen-bond donors (Lipinski definition) is 2. The molecule has 1 aromatic heterocycles. The molecule has 0 aliphatic rings. The van der Waals surface area contributed by atoms with Crippen molar-refractivity contribution in [1.29, 1.82) is 0 Å². The van der Waals surface area contributed by atoms with E-state index in [1.165, 1.54) is 12.3 Å². The lowest BCUT2D eigenvalue weighted by atomic mass is 10.5.